The summed E-state index contributed by atoms with van der Waals surface area (Å²) in [7, 11) is 0. The fraction of sp³-hybridized carbons (Fsp3) is 0.553. The summed E-state index contributed by atoms with van der Waals surface area (Å²) >= 11 is 10.8. The van der Waals surface area contributed by atoms with Crippen LogP contribution in [-0.4, -0.2) is 34.7 Å². The van der Waals surface area contributed by atoms with Crippen LogP contribution in [-0.2, 0) is 9.59 Å². The molecule has 10 heteroatoms. The van der Waals surface area contributed by atoms with Gasteiger partial charge < -0.3 is 9.80 Å². The number of carbonyl (C=O) groups is 2. The van der Waals surface area contributed by atoms with Crippen molar-refractivity contribution in [3.05, 3.63) is 123 Å². The molecule has 0 saturated carbocycles. The van der Waals surface area contributed by atoms with Crippen molar-refractivity contribution >= 4 is 116 Å². The highest BCUT2D eigenvalue weighted by molar-refractivity contribution is 7.23. The molecule has 466 valence electrons. The minimum Gasteiger partial charge on any atom is -0.306 e. The number of hydrogen-bond acceptors (Lipinski definition) is 8. The van der Waals surface area contributed by atoms with E-state index in [9.17, 15) is 0 Å². The maximum atomic E-state index is 16.2. The van der Waals surface area contributed by atoms with E-state index in [4.69, 9.17) is 0 Å². The van der Waals surface area contributed by atoms with Gasteiger partial charge in [-0.05, 0) is 148 Å². The van der Waals surface area contributed by atoms with E-state index in [2.05, 4.69) is 148 Å². The highest BCUT2D eigenvalue weighted by Crippen LogP contribution is 2.51. The van der Waals surface area contributed by atoms with Crippen LogP contribution in [0.2, 0.25) is 0 Å². The quantitative estimate of drug-likeness (QED) is 0.0358. The lowest BCUT2D eigenvalue weighted by atomic mass is 9.93. The van der Waals surface area contributed by atoms with E-state index in [1.165, 1.54) is 229 Å². The molecule has 86 heavy (non-hydrogen) atoms. The molecule has 0 fully saturated rings. The van der Waals surface area contributed by atoms with E-state index in [0.29, 0.717) is 36.1 Å². The maximum absolute atomic E-state index is 16.2. The Labute approximate surface area is 545 Å². The lowest BCUT2D eigenvalue weighted by Gasteiger charge is -2.29. The van der Waals surface area contributed by atoms with Gasteiger partial charge in [-0.3, -0.25) is 9.59 Å². The number of hydrogen-bond donors (Lipinski definition) is 0. The molecule has 0 N–H and O–H groups in total. The number of nitrogens with zero attached hydrogens (tertiary/aromatic N) is 2. The van der Waals surface area contributed by atoms with Crippen LogP contribution in [0.1, 0.15) is 272 Å². The summed E-state index contributed by atoms with van der Waals surface area (Å²) in [4.78, 5) is 51.2. The van der Waals surface area contributed by atoms with E-state index in [0.717, 1.165) is 46.8 Å². The second-order valence-electron chi connectivity index (χ2n) is 24.9. The first kappa shape index (κ1) is 68.0. The van der Waals surface area contributed by atoms with E-state index in [-0.39, 0.29) is 11.8 Å². The minimum atomic E-state index is 0.0323. The predicted octanol–water partition coefficient (Wildman–Crippen LogP) is 25.9. The van der Waals surface area contributed by atoms with Crippen LogP contribution in [0, 0.1) is 25.7 Å². The zero-order valence-electron chi connectivity index (χ0n) is 53.6. The third-order valence-corrected chi connectivity index (χ3v) is 24.3. The van der Waals surface area contributed by atoms with Gasteiger partial charge in [0.1, 0.15) is 0 Å². The van der Waals surface area contributed by atoms with Crippen LogP contribution in [0.15, 0.2) is 83.9 Å². The highest BCUT2D eigenvalue weighted by Gasteiger charge is 2.50. The third-order valence-electron chi connectivity index (χ3n) is 17.7. The Kier molecular flexibility index (Phi) is 29.5. The minimum absolute atomic E-state index is 0.0323. The highest BCUT2D eigenvalue weighted by atomic mass is 32.1. The molecule has 2 aliphatic heterocycles. The van der Waals surface area contributed by atoms with Crippen molar-refractivity contribution in [2.24, 2.45) is 11.8 Å². The lowest BCUT2D eigenvalue weighted by molar-refractivity contribution is -0.124. The molecule has 0 radical (unpaired) electrons. The Morgan fingerprint density at radius 3 is 0.872 bits per heavy atom. The van der Waals surface area contributed by atoms with Crippen LogP contribution < -0.4 is 0 Å². The van der Waals surface area contributed by atoms with Crippen LogP contribution in [0.25, 0.3) is 55.2 Å². The first-order valence-corrected chi connectivity index (χ1v) is 39.1. The van der Waals surface area contributed by atoms with Crippen LogP contribution >= 0.6 is 68.0 Å². The normalized spacial score (nSPS) is 14.5. The summed E-state index contributed by atoms with van der Waals surface area (Å²) in [6.07, 6.45) is 49.2. The molecule has 2 aliphatic rings. The summed E-state index contributed by atoms with van der Waals surface area (Å²) in [5, 5.41) is 0. The Hall–Kier alpha value is -3.90. The summed E-state index contributed by atoms with van der Waals surface area (Å²) in [6.45, 7) is 14.8. The van der Waals surface area contributed by atoms with Gasteiger partial charge in [-0.15, -0.1) is 68.0 Å². The molecule has 6 aromatic rings. The third kappa shape index (κ3) is 20.6. The van der Waals surface area contributed by atoms with E-state index >= 15 is 9.59 Å². The SMILES string of the molecule is CCCCCCCCCCC(CCCCCCCC)CN1C(=O)C2=C(c3ccc(-c4ccc(/C=C/c5ccc(C)s5)s4)s3)N(CC(CCCCCCCC)CCCCCCCCCC)C(=O)C2=C1c1ccc(-c2ccc(/C=C/c3ccc(C)s3)s2)s1. The molecule has 0 aromatic carbocycles. The molecule has 2 atom stereocenters. The van der Waals surface area contributed by atoms with E-state index in [1.807, 2.05) is 45.3 Å². The van der Waals surface area contributed by atoms with Crippen LogP contribution in [0.5, 0.6) is 0 Å². The molecular formula is C76H104N2O2S6. The monoisotopic (exact) mass is 1270 g/mol. The Balaban J connectivity index is 1.17. The molecule has 2 amide bonds. The maximum Gasteiger partial charge on any atom is 0.261 e. The number of fused-ring (bicyclic) bond motifs is 1. The second-order valence-corrected chi connectivity index (χ2v) is 32.0. The lowest BCUT2D eigenvalue weighted by Crippen LogP contribution is -2.34. The van der Waals surface area contributed by atoms with E-state index < -0.39 is 0 Å². The van der Waals surface area contributed by atoms with Gasteiger partial charge in [0.25, 0.3) is 11.8 Å². The van der Waals surface area contributed by atoms with Gasteiger partial charge in [-0.25, -0.2) is 0 Å². The fourth-order valence-electron chi connectivity index (χ4n) is 12.7. The largest absolute Gasteiger partial charge is 0.306 e. The number of carbonyl (C=O) groups excluding carboxylic acids is 2. The smallest absolute Gasteiger partial charge is 0.261 e. The van der Waals surface area contributed by atoms with Crippen molar-refractivity contribution in [2.75, 3.05) is 13.1 Å². The van der Waals surface area contributed by atoms with Gasteiger partial charge in [0, 0.05) is 61.9 Å². The summed E-state index contributed by atoms with van der Waals surface area (Å²) < 4.78 is 0. The molecule has 6 aromatic heterocycles. The molecule has 8 rings (SSSR count). The number of thiophene rings is 6. The first-order chi connectivity index (χ1) is 42.2. The molecule has 0 spiro atoms. The van der Waals surface area contributed by atoms with Gasteiger partial charge >= 0.3 is 0 Å². The van der Waals surface area contributed by atoms with Gasteiger partial charge in [-0.1, -0.05) is 207 Å². The van der Waals surface area contributed by atoms with Crippen molar-refractivity contribution < 1.29 is 9.59 Å². The van der Waals surface area contributed by atoms with Crippen molar-refractivity contribution in [2.45, 2.75) is 247 Å². The summed E-state index contributed by atoms with van der Waals surface area (Å²) in [6, 6.07) is 26.7. The molecule has 2 unspecified atom stereocenters. The zero-order chi connectivity index (χ0) is 60.3. The molecule has 0 aliphatic carbocycles. The summed E-state index contributed by atoms with van der Waals surface area (Å²) in [5.74, 6) is 0.788. The van der Waals surface area contributed by atoms with Gasteiger partial charge in [-0.2, -0.15) is 0 Å². The molecule has 8 heterocycles. The zero-order valence-corrected chi connectivity index (χ0v) is 58.5. The van der Waals surface area contributed by atoms with Gasteiger partial charge in [0.05, 0.1) is 32.3 Å². The number of rotatable bonds is 44. The average Bonchev–Trinajstić information content (AvgIpc) is 1.93. The Morgan fingerprint density at radius 1 is 0.314 bits per heavy atom. The standard InChI is InChI=1S/C76H104N2O2S6/c1-7-11-15-19-23-25-29-33-37-59(35-31-27-21-17-13-9-3)55-77-73(69-53-51-67(85-69)65-49-47-63(83-65)45-43-61-41-39-57(5)81-61)71-72(75(77)79)74(70-54-52-68(86-70)66-50-48-64(84-66)46-44-62-42-40-58(6)82-62)78(76(71)80)56-60(36-32-28-22-18-14-10-4)38-34-30-26-24-20-16-12-8-2/h39-54,59-60H,7-38,55-56H2,1-6H3/b45-43+,46-44+. The topological polar surface area (TPSA) is 40.6 Å². The number of amides is 2. The van der Waals surface area contributed by atoms with Gasteiger partial charge in [0.2, 0.25) is 0 Å². The van der Waals surface area contributed by atoms with Crippen molar-refractivity contribution in [1.82, 2.24) is 9.80 Å². The van der Waals surface area contributed by atoms with Gasteiger partial charge in [0.15, 0.2) is 0 Å². The predicted molar refractivity (Wildman–Crippen MR) is 386 cm³/mol. The molecule has 0 bridgehead atoms. The van der Waals surface area contributed by atoms with Crippen molar-refractivity contribution in [1.29, 1.82) is 0 Å². The average molecular weight is 1270 g/mol. The first-order valence-electron chi connectivity index (χ1n) is 34.2. The fourth-order valence-corrected chi connectivity index (χ4v) is 18.4. The summed E-state index contributed by atoms with van der Waals surface area (Å²) in [5.41, 5.74) is 3.03. The Morgan fingerprint density at radius 2 is 0.570 bits per heavy atom. The second kappa shape index (κ2) is 37.3. The Bertz CT molecular complexity index is 2880. The number of aryl methyl sites for hydroxylation is 2. The molecule has 4 nitrogen and oxygen atoms in total. The van der Waals surface area contributed by atoms with Crippen LogP contribution in [0.4, 0.5) is 0 Å². The van der Waals surface area contributed by atoms with Crippen molar-refractivity contribution in [3.8, 4) is 19.5 Å². The molecular weight excluding hydrogens is 1170 g/mol. The van der Waals surface area contributed by atoms with E-state index in [1.54, 1.807) is 22.7 Å². The van der Waals surface area contributed by atoms with Crippen molar-refractivity contribution in [3.63, 3.8) is 0 Å². The molecule has 0 saturated heterocycles. The van der Waals surface area contributed by atoms with Crippen LogP contribution in [0.3, 0.4) is 0 Å². The number of unbranched alkanes of at least 4 members (excludes halogenated alkanes) is 24.